The van der Waals surface area contributed by atoms with Crippen molar-refractivity contribution in [2.24, 2.45) is 5.92 Å². The van der Waals surface area contributed by atoms with Crippen LogP contribution in [0.3, 0.4) is 0 Å². The molecular weight excluding hydrogens is 468 g/mol. The van der Waals surface area contributed by atoms with Crippen molar-refractivity contribution in [1.29, 1.82) is 0 Å². The Morgan fingerprint density at radius 2 is 1.93 bits per heavy atom. The number of aryl methyl sites for hydroxylation is 2. The number of benzene rings is 1. The van der Waals surface area contributed by atoms with Crippen LogP contribution in [0.2, 0.25) is 0 Å². The molecule has 1 aliphatic rings. The number of rotatable bonds is 5. The Bertz CT molecular complexity index is 1020. The molecule has 162 valence electrons. The van der Waals surface area contributed by atoms with E-state index in [1.54, 1.807) is 0 Å². The molecule has 1 amide bonds. The van der Waals surface area contributed by atoms with Crippen molar-refractivity contribution in [3.8, 4) is 0 Å². The lowest BCUT2D eigenvalue weighted by atomic mass is 9.97. The topological polar surface area (TPSA) is 58.6 Å². The summed E-state index contributed by atoms with van der Waals surface area (Å²) in [6.07, 6.45) is 2.34. The number of hydrogen-bond donors (Lipinski definition) is 1. The largest absolute Gasteiger partial charge is 0.465 e. The van der Waals surface area contributed by atoms with E-state index in [4.69, 9.17) is 8.83 Å². The summed E-state index contributed by atoms with van der Waals surface area (Å²) in [6.45, 7) is 8.69. The summed E-state index contributed by atoms with van der Waals surface area (Å²) >= 11 is 3.48. The number of carbonyl (C=O) groups is 1. The summed E-state index contributed by atoms with van der Waals surface area (Å²) < 4.78 is 12.7. The fourth-order valence-electron chi connectivity index (χ4n) is 4.06. The summed E-state index contributed by atoms with van der Waals surface area (Å²) in [5.74, 6) is 2.73. The molecule has 5 nitrogen and oxygen atoms in total. The Hall–Kier alpha value is -1.76. The second-order valence-corrected chi connectivity index (χ2v) is 9.01. The molecule has 4 rings (SSSR count). The molecule has 3 aromatic rings. The second-order valence-electron chi connectivity index (χ2n) is 8.09. The molecule has 0 radical (unpaired) electrons. The van der Waals surface area contributed by atoms with Crippen LogP contribution >= 0.6 is 28.3 Å². The van der Waals surface area contributed by atoms with Gasteiger partial charge in [0.2, 0.25) is 0 Å². The lowest BCUT2D eigenvalue weighted by Crippen LogP contribution is -2.41. The molecule has 1 N–H and O–H groups in total. The SMILES string of the molecule is Cc1ccc(C(CNC(=O)c2oc3ccc(Br)cc3c2C)N2CCC(C)CC2)o1.Cl. The third-order valence-electron chi connectivity index (χ3n) is 5.91. The van der Waals surface area contributed by atoms with Crippen molar-refractivity contribution in [3.63, 3.8) is 0 Å². The normalized spacial score (nSPS) is 16.4. The first-order chi connectivity index (χ1) is 13.9. The number of hydrogen-bond acceptors (Lipinski definition) is 4. The van der Waals surface area contributed by atoms with Gasteiger partial charge in [-0.25, -0.2) is 0 Å². The lowest BCUT2D eigenvalue weighted by molar-refractivity contribution is 0.0871. The van der Waals surface area contributed by atoms with Crippen molar-refractivity contribution >= 4 is 45.2 Å². The molecule has 3 heterocycles. The molecule has 2 aromatic heterocycles. The maximum absolute atomic E-state index is 12.9. The van der Waals surface area contributed by atoms with Crippen LogP contribution in [0, 0.1) is 19.8 Å². The van der Waals surface area contributed by atoms with Gasteiger partial charge in [-0.1, -0.05) is 22.9 Å². The van der Waals surface area contributed by atoms with Crippen molar-refractivity contribution in [1.82, 2.24) is 10.2 Å². The standard InChI is InChI=1S/C23H27BrN2O3.ClH/c1-14-8-10-26(11-9-14)19(21-6-4-15(2)28-21)13-25-23(27)22-16(3)18-12-17(24)5-7-20(18)29-22;/h4-7,12,14,19H,8-11,13H2,1-3H3,(H,25,27);1H. The minimum atomic E-state index is -0.187. The second kappa shape index (κ2) is 9.58. The van der Waals surface area contributed by atoms with Gasteiger partial charge < -0.3 is 14.2 Å². The van der Waals surface area contributed by atoms with Gasteiger partial charge in [-0.15, -0.1) is 12.4 Å². The Morgan fingerprint density at radius 1 is 1.20 bits per heavy atom. The monoisotopic (exact) mass is 494 g/mol. The van der Waals surface area contributed by atoms with E-state index in [-0.39, 0.29) is 24.4 Å². The lowest BCUT2D eigenvalue weighted by Gasteiger charge is -2.35. The number of nitrogens with zero attached hydrogens (tertiary/aromatic N) is 1. The fraction of sp³-hybridized carbons (Fsp3) is 0.435. The predicted octanol–water partition coefficient (Wildman–Crippen LogP) is 6.03. The van der Waals surface area contributed by atoms with Gasteiger partial charge in [0.05, 0.1) is 6.04 Å². The number of piperidine rings is 1. The molecule has 1 aromatic carbocycles. The summed E-state index contributed by atoms with van der Waals surface area (Å²) in [5, 5.41) is 4.04. The minimum Gasteiger partial charge on any atom is -0.465 e. The Labute approximate surface area is 191 Å². The molecule has 0 aliphatic carbocycles. The van der Waals surface area contributed by atoms with E-state index in [2.05, 4.69) is 33.1 Å². The summed E-state index contributed by atoms with van der Waals surface area (Å²) in [5.41, 5.74) is 1.58. The van der Waals surface area contributed by atoms with E-state index in [0.29, 0.717) is 12.3 Å². The van der Waals surface area contributed by atoms with Crippen LogP contribution in [0.1, 0.15) is 53.4 Å². The zero-order chi connectivity index (χ0) is 20.5. The number of amides is 1. The predicted molar refractivity (Wildman–Crippen MR) is 124 cm³/mol. The molecule has 1 unspecified atom stereocenters. The third-order valence-corrected chi connectivity index (χ3v) is 6.40. The fourth-order valence-corrected chi connectivity index (χ4v) is 4.42. The van der Waals surface area contributed by atoms with Crippen molar-refractivity contribution in [2.45, 2.75) is 39.7 Å². The first-order valence-electron chi connectivity index (χ1n) is 10.2. The highest BCUT2D eigenvalue weighted by molar-refractivity contribution is 9.10. The molecule has 0 bridgehead atoms. The molecule has 30 heavy (non-hydrogen) atoms. The number of nitrogens with one attached hydrogen (secondary N) is 1. The summed E-state index contributed by atoms with van der Waals surface area (Å²) in [4.78, 5) is 15.3. The molecule has 1 aliphatic heterocycles. The number of halogens is 2. The number of furan rings is 2. The van der Waals surface area contributed by atoms with Crippen LogP contribution < -0.4 is 5.32 Å². The van der Waals surface area contributed by atoms with Gasteiger partial charge in [0.15, 0.2) is 5.76 Å². The Balaban J connectivity index is 0.00000256. The zero-order valence-corrected chi connectivity index (χ0v) is 19.9. The molecule has 0 spiro atoms. The molecule has 0 saturated carbocycles. The quantitative estimate of drug-likeness (QED) is 0.469. The van der Waals surface area contributed by atoms with Gasteiger partial charge in [-0.3, -0.25) is 9.69 Å². The van der Waals surface area contributed by atoms with Gasteiger partial charge in [0, 0.05) is 22.0 Å². The van der Waals surface area contributed by atoms with E-state index < -0.39 is 0 Å². The molecule has 1 fully saturated rings. The molecule has 1 atom stereocenters. The maximum atomic E-state index is 12.9. The molecular formula is C23H28BrClN2O3. The van der Waals surface area contributed by atoms with Gasteiger partial charge in [-0.05, 0) is 76.0 Å². The van der Waals surface area contributed by atoms with Crippen LogP contribution in [-0.4, -0.2) is 30.4 Å². The van der Waals surface area contributed by atoms with Crippen LogP contribution in [0.5, 0.6) is 0 Å². The highest BCUT2D eigenvalue weighted by Crippen LogP contribution is 2.30. The summed E-state index contributed by atoms with van der Waals surface area (Å²) in [6, 6.07) is 9.81. The van der Waals surface area contributed by atoms with E-state index in [1.807, 2.05) is 44.2 Å². The first kappa shape index (κ1) is 22.9. The highest BCUT2D eigenvalue weighted by Gasteiger charge is 2.28. The molecule has 7 heteroatoms. The van der Waals surface area contributed by atoms with Gasteiger partial charge >= 0.3 is 0 Å². The van der Waals surface area contributed by atoms with Crippen molar-refractivity contribution in [3.05, 3.63) is 57.6 Å². The van der Waals surface area contributed by atoms with Crippen LogP contribution in [0.25, 0.3) is 11.0 Å². The average Bonchev–Trinajstić information content (AvgIpc) is 3.27. The highest BCUT2D eigenvalue weighted by atomic mass is 79.9. The van der Waals surface area contributed by atoms with E-state index >= 15 is 0 Å². The minimum absolute atomic E-state index is 0. The van der Waals surface area contributed by atoms with E-state index in [9.17, 15) is 4.79 Å². The van der Waals surface area contributed by atoms with Crippen LogP contribution in [-0.2, 0) is 0 Å². The first-order valence-corrected chi connectivity index (χ1v) is 11.0. The Morgan fingerprint density at radius 3 is 2.60 bits per heavy atom. The Kier molecular flexibility index (Phi) is 7.32. The zero-order valence-electron chi connectivity index (χ0n) is 17.5. The number of likely N-dealkylation sites (tertiary alicyclic amines) is 1. The number of fused-ring (bicyclic) bond motifs is 1. The van der Waals surface area contributed by atoms with Crippen molar-refractivity contribution < 1.29 is 13.6 Å². The van der Waals surface area contributed by atoms with Crippen LogP contribution in [0.15, 0.2) is 43.6 Å². The molecule has 1 saturated heterocycles. The maximum Gasteiger partial charge on any atom is 0.287 e. The number of carbonyl (C=O) groups excluding carboxylic acids is 1. The smallest absolute Gasteiger partial charge is 0.287 e. The van der Waals surface area contributed by atoms with Crippen LogP contribution in [0.4, 0.5) is 0 Å². The summed E-state index contributed by atoms with van der Waals surface area (Å²) in [7, 11) is 0. The van der Waals surface area contributed by atoms with Gasteiger partial charge in [0.1, 0.15) is 17.1 Å². The van der Waals surface area contributed by atoms with Gasteiger partial charge in [-0.2, -0.15) is 0 Å². The average molecular weight is 496 g/mol. The third kappa shape index (κ3) is 4.76. The van der Waals surface area contributed by atoms with Crippen molar-refractivity contribution in [2.75, 3.05) is 19.6 Å². The van der Waals surface area contributed by atoms with E-state index in [0.717, 1.165) is 51.5 Å². The van der Waals surface area contributed by atoms with E-state index in [1.165, 1.54) is 12.8 Å². The van der Waals surface area contributed by atoms with Gasteiger partial charge in [0.25, 0.3) is 5.91 Å².